The van der Waals surface area contributed by atoms with Crippen LogP contribution in [0.1, 0.15) is 15.9 Å². The summed E-state index contributed by atoms with van der Waals surface area (Å²) in [4.78, 5) is 21.9. The lowest BCUT2D eigenvalue weighted by Gasteiger charge is -2.00. The van der Waals surface area contributed by atoms with Gasteiger partial charge >= 0.3 is 0 Å². The first-order chi connectivity index (χ1) is 10.1. The molecule has 0 saturated carbocycles. The van der Waals surface area contributed by atoms with Crippen molar-refractivity contribution in [3.05, 3.63) is 74.2 Å². The van der Waals surface area contributed by atoms with Crippen LogP contribution in [-0.4, -0.2) is 17.0 Å². The second kappa shape index (κ2) is 6.76. The zero-order chi connectivity index (χ0) is 15.2. The predicted molar refractivity (Wildman–Crippen MR) is 82.3 cm³/mol. The molecule has 0 bridgehead atoms. The molecular formula is C14H10BrN3O3. The molecule has 0 saturated heterocycles. The van der Waals surface area contributed by atoms with Gasteiger partial charge in [-0.05, 0) is 12.1 Å². The number of carbonyl (C=O) groups excluding carboxylic acids is 1. The average Bonchev–Trinajstić information content (AvgIpc) is 2.49. The molecule has 2 rings (SSSR count). The Labute approximate surface area is 128 Å². The molecule has 0 fully saturated rings. The van der Waals surface area contributed by atoms with Crippen molar-refractivity contribution < 1.29 is 9.72 Å². The van der Waals surface area contributed by atoms with Crippen LogP contribution >= 0.6 is 15.9 Å². The molecule has 0 aliphatic rings. The third kappa shape index (κ3) is 3.96. The second-order valence-corrected chi connectivity index (χ2v) is 4.88. The van der Waals surface area contributed by atoms with Crippen LogP contribution in [0.2, 0.25) is 0 Å². The van der Waals surface area contributed by atoms with Crippen LogP contribution in [0, 0.1) is 10.1 Å². The summed E-state index contributed by atoms with van der Waals surface area (Å²) < 4.78 is 0.846. The average molecular weight is 348 g/mol. The molecule has 2 aromatic carbocycles. The summed E-state index contributed by atoms with van der Waals surface area (Å²) in [6, 6.07) is 12.8. The zero-order valence-electron chi connectivity index (χ0n) is 10.7. The van der Waals surface area contributed by atoms with Gasteiger partial charge in [-0.1, -0.05) is 40.2 Å². The van der Waals surface area contributed by atoms with E-state index >= 15 is 0 Å². The molecule has 6 nitrogen and oxygen atoms in total. The van der Waals surface area contributed by atoms with Gasteiger partial charge in [-0.2, -0.15) is 5.10 Å². The summed E-state index contributed by atoms with van der Waals surface area (Å²) in [5.74, 6) is -0.512. The molecule has 0 aliphatic carbocycles. The maximum Gasteiger partial charge on any atom is 0.271 e. The Morgan fingerprint density at radius 2 is 2.00 bits per heavy atom. The fourth-order valence-corrected chi connectivity index (χ4v) is 1.95. The molecule has 0 heterocycles. The topological polar surface area (TPSA) is 84.6 Å². The Bertz CT molecular complexity index is 716. The lowest BCUT2D eigenvalue weighted by atomic mass is 10.2. The first kappa shape index (κ1) is 14.9. The molecule has 21 heavy (non-hydrogen) atoms. The molecular weight excluding hydrogens is 338 g/mol. The third-order valence-electron chi connectivity index (χ3n) is 2.59. The summed E-state index contributed by atoms with van der Waals surface area (Å²) in [6.07, 6.45) is 1.49. The van der Waals surface area contributed by atoms with Gasteiger partial charge in [0.15, 0.2) is 0 Å². The highest BCUT2D eigenvalue weighted by atomic mass is 79.9. The molecule has 7 heteroatoms. The van der Waals surface area contributed by atoms with E-state index in [0.717, 1.165) is 10.0 Å². The minimum Gasteiger partial charge on any atom is -0.267 e. The Morgan fingerprint density at radius 1 is 1.24 bits per heavy atom. The lowest BCUT2D eigenvalue weighted by Crippen LogP contribution is -2.17. The van der Waals surface area contributed by atoms with Gasteiger partial charge in [0.05, 0.1) is 11.1 Å². The van der Waals surface area contributed by atoms with Gasteiger partial charge in [0.25, 0.3) is 11.6 Å². The minimum absolute atomic E-state index is 0.141. The van der Waals surface area contributed by atoms with Crippen LogP contribution in [0.4, 0.5) is 5.69 Å². The molecule has 1 amide bonds. The van der Waals surface area contributed by atoms with E-state index in [2.05, 4.69) is 26.5 Å². The van der Waals surface area contributed by atoms with E-state index in [1.54, 1.807) is 0 Å². The van der Waals surface area contributed by atoms with Crippen molar-refractivity contribution in [2.45, 2.75) is 0 Å². The number of nitro groups is 1. The Hall–Kier alpha value is -2.54. The van der Waals surface area contributed by atoms with E-state index in [1.165, 1.54) is 30.5 Å². The van der Waals surface area contributed by atoms with Crippen LogP contribution in [0.5, 0.6) is 0 Å². The van der Waals surface area contributed by atoms with Crippen molar-refractivity contribution in [2.75, 3.05) is 0 Å². The number of non-ortho nitro benzene ring substituents is 1. The van der Waals surface area contributed by atoms with Gasteiger partial charge in [-0.15, -0.1) is 0 Å². The number of halogens is 1. The minimum atomic E-state index is -0.554. The van der Waals surface area contributed by atoms with Crippen LogP contribution in [0.25, 0.3) is 0 Å². The van der Waals surface area contributed by atoms with Crippen molar-refractivity contribution in [1.29, 1.82) is 0 Å². The van der Waals surface area contributed by atoms with Crippen LogP contribution in [-0.2, 0) is 0 Å². The van der Waals surface area contributed by atoms with Crippen molar-refractivity contribution in [2.24, 2.45) is 5.10 Å². The standard InChI is InChI=1S/C14H10BrN3O3/c15-13-7-2-1-4-11(13)9-16-17-14(19)10-5-3-6-12(8-10)18(20)21/h1-9H,(H,17,19)/b16-9-. The largest absolute Gasteiger partial charge is 0.271 e. The molecule has 0 unspecified atom stereocenters. The maximum absolute atomic E-state index is 11.8. The fourth-order valence-electron chi connectivity index (χ4n) is 1.57. The van der Waals surface area contributed by atoms with Gasteiger partial charge in [0, 0.05) is 27.7 Å². The van der Waals surface area contributed by atoms with Gasteiger partial charge in [-0.25, -0.2) is 5.43 Å². The van der Waals surface area contributed by atoms with Crippen LogP contribution in [0.3, 0.4) is 0 Å². The quantitative estimate of drug-likeness (QED) is 0.523. The molecule has 0 aliphatic heterocycles. The number of hydrogen-bond acceptors (Lipinski definition) is 4. The normalized spacial score (nSPS) is 10.5. The molecule has 2 aromatic rings. The van der Waals surface area contributed by atoms with E-state index < -0.39 is 10.8 Å². The number of nitrogens with one attached hydrogen (secondary N) is 1. The first-order valence-corrected chi connectivity index (χ1v) is 6.69. The third-order valence-corrected chi connectivity index (χ3v) is 3.32. The number of rotatable bonds is 4. The number of nitrogens with zero attached hydrogens (tertiary/aromatic N) is 2. The van der Waals surface area contributed by atoms with Crippen LogP contribution < -0.4 is 5.43 Å². The van der Waals surface area contributed by atoms with Gasteiger partial charge in [0.1, 0.15) is 0 Å². The number of nitro benzene ring substituents is 1. The van der Waals surface area contributed by atoms with Gasteiger partial charge < -0.3 is 0 Å². The first-order valence-electron chi connectivity index (χ1n) is 5.90. The Morgan fingerprint density at radius 3 is 2.71 bits per heavy atom. The molecule has 0 aromatic heterocycles. The Kier molecular flexibility index (Phi) is 4.78. The van der Waals surface area contributed by atoms with E-state index in [4.69, 9.17) is 0 Å². The molecule has 0 atom stereocenters. The van der Waals surface area contributed by atoms with E-state index in [1.807, 2.05) is 24.3 Å². The predicted octanol–water partition coefficient (Wildman–Crippen LogP) is 3.12. The summed E-state index contributed by atoms with van der Waals surface area (Å²) in [6.45, 7) is 0. The van der Waals surface area contributed by atoms with Crippen molar-refractivity contribution >= 4 is 33.7 Å². The van der Waals surface area contributed by atoms with Crippen LogP contribution in [0.15, 0.2) is 58.1 Å². The second-order valence-electron chi connectivity index (χ2n) is 4.03. The molecule has 106 valence electrons. The number of carbonyl (C=O) groups is 1. The van der Waals surface area contributed by atoms with Gasteiger partial charge in [-0.3, -0.25) is 14.9 Å². The number of amides is 1. The highest BCUT2D eigenvalue weighted by molar-refractivity contribution is 9.10. The monoisotopic (exact) mass is 347 g/mol. The zero-order valence-corrected chi connectivity index (χ0v) is 12.3. The number of hydrogen-bond donors (Lipinski definition) is 1. The van der Waals surface area contributed by atoms with Crippen molar-refractivity contribution in [3.63, 3.8) is 0 Å². The Balaban J connectivity index is 2.07. The highest BCUT2D eigenvalue weighted by Crippen LogP contribution is 2.14. The molecule has 0 spiro atoms. The summed E-state index contributed by atoms with van der Waals surface area (Å²) in [5.41, 5.74) is 3.16. The van der Waals surface area contributed by atoms with E-state index in [9.17, 15) is 14.9 Å². The molecule has 0 radical (unpaired) electrons. The summed E-state index contributed by atoms with van der Waals surface area (Å²) in [5, 5.41) is 14.5. The number of hydrazone groups is 1. The SMILES string of the molecule is O=C(N/N=C\c1ccccc1Br)c1cccc([N+](=O)[O-])c1. The smallest absolute Gasteiger partial charge is 0.267 e. The lowest BCUT2D eigenvalue weighted by molar-refractivity contribution is -0.384. The highest BCUT2D eigenvalue weighted by Gasteiger charge is 2.10. The van der Waals surface area contributed by atoms with Crippen molar-refractivity contribution in [1.82, 2.24) is 5.43 Å². The number of benzene rings is 2. The summed E-state index contributed by atoms with van der Waals surface area (Å²) >= 11 is 3.35. The maximum atomic E-state index is 11.8. The summed E-state index contributed by atoms with van der Waals surface area (Å²) in [7, 11) is 0. The van der Waals surface area contributed by atoms with Crippen molar-refractivity contribution in [3.8, 4) is 0 Å². The van der Waals surface area contributed by atoms with E-state index in [0.29, 0.717) is 0 Å². The molecule has 1 N–H and O–H groups in total. The van der Waals surface area contributed by atoms with Gasteiger partial charge in [0.2, 0.25) is 0 Å². The van der Waals surface area contributed by atoms with E-state index in [-0.39, 0.29) is 11.3 Å². The fraction of sp³-hybridized carbons (Fsp3) is 0.